The second-order valence-corrected chi connectivity index (χ2v) is 9.95. The van der Waals surface area contributed by atoms with E-state index >= 15 is 0 Å². The van der Waals surface area contributed by atoms with Crippen molar-refractivity contribution in [1.29, 1.82) is 0 Å². The van der Waals surface area contributed by atoms with Crippen molar-refractivity contribution in [3.8, 4) is 5.75 Å². The van der Waals surface area contributed by atoms with Gasteiger partial charge in [-0.25, -0.2) is 12.8 Å². The van der Waals surface area contributed by atoms with Crippen LogP contribution in [0.25, 0.3) is 0 Å². The van der Waals surface area contributed by atoms with Gasteiger partial charge in [0.2, 0.25) is 10.0 Å². The van der Waals surface area contributed by atoms with Gasteiger partial charge in [0, 0.05) is 19.6 Å². The van der Waals surface area contributed by atoms with E-state index in [1.165, 1.54) is 22.5 Å². The van der Waals surface area contributed by atoms with Crippen LogP contribution in [0.1, 0.15) is 31.7 Å². The van der Waals surface area contributed by atoms with Gasteiger partial charge in [0.05, 0.1) is 9.37 Å². The smallest absolute Gasteiger partial charge is 0.261 e. The predicted molar refractivity (Wildman–Crippen MR) is 115 cm³/mol. The Bertz CT molecular complexity index is 993. The third-order valence-corrected chi connectivity index (χ3v) is 7.44. The van der Waals surface area contributed by atoms with Crippen LogP contribution in [0.4, 0.5) is 4.39 Å². The molecule has 0 aromatic heterocycles. The molecule has 0 aliphatic carbocycles. The SMILES string of the molecule is CC(Oc1ccc(F)cc1Br)C(=O)NCc1ccc(S(=O)(=O)N2CCCCC2)cc1. The van der Waals surface area contributed by atoms with Gasteiger partial charge >= 0.3 is 0 Å². The van der Waals surface area contributed by atoms with Crippen LogP contribution in [0.2, 0.25) is 0 Å². The van der Waals surface area contributed by atoms with Crippen molar-refractivity contribution < 1.29 is 22.3 Å². The number of hydrogen-bond donors (Lipinski definition) is 1. The lowest BCUT2D eigenvalue weighted by Crippen LogP contribution is -2.36. The lowest BCUT2D eigenvalue weighted by molar-refractivity contribution is -0.127. The number of sulfonamides is 1. The Morgan fingerprint density at radius 2 is 1.83 bits per heavy atom. The van der Waals surface area contributed by atoms with Crippen LogP contribution < -0.4 is 10.1 Å². The molecular weight excluding hydrogens is 475 g/mol. The molecule has 6 nitrogen and oxygen atoms in total. The van der Waals surface area contributed by atoms with Gasteiger partial charge in [0.25, 0.3) is 5.91 Å². The summed E-state index contributed by atoms with van der Waals surface area (Å²) in [5.41, 5.74) is 0.774. The molecular formula is C21H24BrFN2O4S. The van der Waals surface area contributed by atoms with E-state index in [9.17, 15) is 17.6 Å². The largest absolute Gasteiger partial charge is 0.480 e. The highest BCUT2D eigenvalue weighted by atomic mass is 79.9. The van der Waals surface area contributed by atoms with Gasteiger partial charge in [-0.3, -0.25) is 4.79 Å². The first kappa shape index (κ1) is 22.7. The Kier molecular flexibility index (Phi) is 7.49. The van der Waals surface area contributed by atoms with E-state index in [0.717, 1.165) is 24.8 Å². The van der Waals surface area contributed by atoms with Crippen molar-refractivity contribution in [2.24, 2.45) is 0 Å². The highest BCUT2D eigenvalue weighted by molar-refractivity contribution is 9.10. The van der Waals surface area contributed by atoms with Gasteiger partial charge in [0.15, 0.2) is 6.10 Å². The van der Waals surface area contributed by atoms with Gasteiger partial charge in [-0.1, -0.05) is 18.6 Å². The van der Waals surface area contributed by atoms with E-state index in [1.807, 2.05) is 0 Å². The molecule has 1 heterocycles. The van der Waals surface area contributed by atoms with Gasteiger partial charge in [0.1, 0.15) is 11.6 Å². The van der Waals surface area contributed by atoms with E-state index in [2.05, 4.69) is 21.2 Å². The van der Waals surface area contributed by atoms with Crippen molar-refractivity contribution in [2.45, 2.75) is 43.7 Å². The number of hydrogen-bond acceptors (Lipinski definition) is 4. The molecule has 30 heavy (non-hydrogen) atoms. The number of amides is 1. The standard InChI is InChI=1S/C21H24BrFN2O4S/c1-15(29-20-10-7-17(23)13-19(20)22)21(26)24-14-16-5-8-18(9-6-16)30(27,28)25-11-3-2-4-12-25/h5-10,13,15H,2-4,11-12,14H2,1H3,(H,24,26). The number of ether oxygens (including phenoxy) is 1. The minimum absolute atomic E-state index is 0.237. The molecule has 1 fully saturated rings. The zero-order valence-electron chi connectivity index (χ0n) is 16.6. The minimum atomic E-state index is -3.47. The normalized spacial score (nSPS) is 16.1. The summed E-state index contributed by atoms with van der Waals surface area (Å²) in [7, 11) is -3.47. The fourth-order valence-corrected chi connectivity index (χ4v) is 5.14. The second kappa shape index (κ2) is 9.89. The maximum Gasteiger partial charge on any atom is 0.261 e. The highest BCUT2D eigenvalue weighted by Gasteiger charge is 2.25. The molecule has 3 rings (SSSR count). The Hall–Kier alpha value is -1.97. The van der Waals surface area contributed by atoms with E-state index < -0.39 is 21.9 Å². The van der Waals surface area contributed by atoms with E-state index in [4.69, 9.17) is 4.74 Å². The second-order valence-electron chi connectivity index (χ2n) is 7.16. The third kappa shape index (κ3) is 5.59. The third-order valence-electron chi connectivity index (χ3n) is 4.91. The summed E-state index contributed by atoms with van der Waals surface area (Å²) >= 11 is 3.20. The fraction of sp³-hybridized carbons (Fsp3) is 0.381. The number of nitrogens with one attached hydrogen (secondary N) is 1. The number of carbonyl (C=O) groups is 1. The zero-order valence-corrected chi connectivity index (χ0v) is 19.0. The van der Waals surface area contributed by atoms with Gasteiger partial charge in [-0.15, -0.1) is 0 Å². The predicted octanol–water partition coefficient (Wildman–Crippen LogP) is 3.85. The quantitative estimate of drug-likeness (QED) is 0.628. The van der Waals surface area contributed by atoms with E-state index in [0.29, 0.717) is 23.3 Å². The number of nitrogens with zero attached hydrogens (tertiary/aromatic N) is 1. The first-order chi connectivity index (χ1) is 14.3. The monoisotopic (exact) mass is 498 g/mol. The first-order valence-electron chi connectivity index (χ1n) is 9.76. The molecule has 1 N–H and O–H groups in total. The van der Waals surface area contributed by atoms with Gasteiger partial charge in [-0.2, -0.15) is 4.31 Å². The van der Waals surface area contributed by atoms with Crippen LogP contribution in [0.5, 0.6) is 5.75 Å². The maximum atomic E-state index is 13.2. The van der Waals surface area contributed by atoms with E-state index in [1.54, 1.807) is 31.2 Å². The molecule has 0 radical (unpaired) electrons. The summed E-state index contributed by atoms with van der Waals surface area (Å²) < 4.78 is 46.1. The van der Waals surface area contributed by atoms with Crippen molar-refractivity contribution in [3.63, 3.8) is 0 Å². The number of halogens is 2. The van der Waals surface area contributed by atoms with Crippen LogP contribution in [-0.4, -0.2) is 37.8 Å². The Labute approximate surface area is 184 Å². The molecule has 1 aliphatic rings. The topological polar surface area (TPSA) is 75.7 Å². The molecule has 0 saturated carbocycles. The summed E-state index contributed by atoms with van der Waals surface area (Å²) in [5.74, 6) is -0.375. The number of benzene rings is 2. The minimum Gasteiger partial charge on any atom is -0.480 e. The molecule has 1 saturated heterocycles. The summed E-state index contributed by atoms with van der Waals surface area (Å²) in [6, 6.07) is 10.5. The van der Waals surface area contributed by atoms with Crippen molar-refractivity contribution in [1.82, 2.24) is 9.62 Å². The molecule has 2 aromatic carbocycles. The molecule has 1 aliphatic heterocycles. The van der Waals surface area contributed by atoms with Crippen molar-refractivity contribution in [2.75, 3.05) is 13.1 Å². The summed E-state index contributed by atoms with van der Waals surface area (Å²) in [6.07, 6.45) is 2.05. The van der Waals surface area contributed by atoms with Crippen molar-refractivity contribution >= 4 is 31.9 Å². The average molecular weight is 499 g/mol. The number of rotatable bonds is 7. The summed E-state index contributed by atoms with van der Waals surface area (Å²) in [5, 5.41) is 2.76. The first-order valence-corrected chi connectivity index (χ1v) is 12.0. The van der Waals surface area contributed by atoms with Crippen LogP contribution in [0.15, 0.2) is 51.8 Å². The molecule has 1 amide bonds. The van der Waals surface area contributed by atoms with Crippen LogP contribution >= 0.6 is 15.9 Å². The number of carbonyl (C=O) groups excluding carboxylic acids is 1. The Balaban J connectivity index is 1.55. The number of piperidine rings is 1. The molecule has 0 bridgehead atoms. The van der Waals surface area contributed by atoms with Crippen LogP contribution in [-0.2, 0) is 21.4 Å². The molecule has 9 heteroatoms. The van der Waals surface area contributed by atoms with Crippen LogP contribution in [0.3, 0.4) is 0 Å². The fourth-order valence-electron chi connectivity index (χ4n) is 3.18. The summed E-state index contributed by atoms with van der Waals surface area (Å²) in [6.45, 7) is 2.95. The Morgan fingerprint density at radius 3 is 2.47 bits per heavy atom. The van der Waals surface area contributed by atoms with Crippen LogP contribution in [0, 0.1) is 5.82 Å². The molecule has 162 valence electrons. The molecule has 2 aromatic rings. The van der Waals surface area contributed by atoms with Crippen molar-refractivity contribution in [3.05, 3.63) is 58.3 Å². The molecule has 0 spiro atoms. The van der Waals surface area contributed by atoms with Gasteiger partial charge in [-0.05, 0) is 71.6 Å². The molecule has 1 unspecified atom stereocenters. The average Bonchev–Trinajstić information content (AvgIpc) is 2.75. The van der Waals surface area contributed by atoms with Gasteiger partial charge < -0.3 is 10.1 Å². The van der Waals surface area contributed by atoms with E-state index in [-0.39, 0.29) is 17.3 Å². The molecule has 1 atom stereocenters. The highest BCUT2D eigenvalue weighted by Crippen LogP contribution is 2.26. The zero-order chi connectivity index (χ0) is 21.7. The maximum absolute atomic E-state index is 13.2. The lowest BCUT2D eigenvalue weighted by Gasteiger charge is -2.25. The summed E-state index contributed by atoms with van der Waals surface area (Å²) in [4.78, 5) is 12.6. The lowest BCUT2D eigenvalue weighted by atomic mass is 10.2. The Morgan fingerprint density at radius 1 is 1.17 bits per heavy atom.